The molecule has 94 valence electrons. The van der Waals surface area contributed by atoms with Gasteiger partial charge in [0.25, 0.3) is 0 Å². The molecule has 3 unspecified atom stereocenters. The summed E-state index contributed by atoms with van der Waals surface area (Å²) in [6.45, 7) is 7.31. The smallest absolute Gasteiger partial charge is 0.307 e. The average molecular weight is 229 g/mol. The Morgan fingerprint density at radius 1 is 1.19 bits per heavy atom. The molecule has 0 aliphatic heterocycles. The molecule has 0 fully saturated rings. The normalized spacial score (nSPS) is 16.2. The van der Waals surface area contributed by atoms with Gasteiger partial charge in [-0.2, -0.15) is 0 Å². The Balaban J connectivity index is 4.27. The highest BCUT2D eigenvalue weighted by atomic mass is 16.4. The Labute approximate surface area is 97.4 Å². The summed E-state index contributed by atoms with van der Waals surface area (Å²) in [7, 11) is 0. The number of carbonyl (C=O) groups excluding carboxylic acids is 1. The van der Waals surface area contributed by atoms with Crippen molar-refractivity contribution < 1.29 is 14.7 Å². The van der Waals surface area contributed by atoms with E-state index in [0.717, 1.165) is 19.3 Å². The minimum Gasteiger partial charge on any atom is -0.481 e. The maximum atomic E-state index is 11.8. The van der Waals surface area contributed by atoms with E-state index in [1.807, 2.05) is 6.92 Å². The van der Waals surface area contributed by atoms with Gasteiger partial charge < -0.3 is 10.4 Å². The number of hydrogen-bond acceptors (Lipinski definition) is 2. The summed E-state index contributed by atoms with van der Waals surface area (Å²) in [5.74, 6) is -2.20. The van der Waals surface area contributed by atoms with Crippen molar-refractivity contribution in [2.75, 3.05) is 0 Å². The fraction of sp³-hybridized carbons (Fsp3) is 0.833. The maximum absolute atomic E-state index is 11.8. The van der Waals surface area contributed by atoms with Crippen LogP contribution in [0.2, 0.25) is 0 Å². The summed E-state index contributed by atoms with van der Waals surface area (Å²) in [6.07, 6.45) is 2.84. The first-order valence-corrected chi connectivity index (χ1v) is 5.97. The molecule has 0 aromatic rings. The molecule has 0 aromatic heterocycles. The molecule has 0 bridgehead atoms. The van der Waals surface area contributed by atoms with E-state index < -0.39 is 17.8 Å². The largest absolute Gasteiger partial charge is 0.481 e. The first-order valence-electron chi connectivity index (χ1n) is 5.97. The number of carboxylic acids is 1. The Morgan fingerprint density at radius 3 is 2.12 bits per heavy atom. The fourth-order valence-electron chi connectivity index (χ4n) is 1.50. The first-order chi connectivity index (χ1) is 7.43. The van der Waals surface area contributed by atoms with E-state index in [4.69, 9.17) is 5.11 Å². The lowest BCUT2D eigenvalue weighted by atomic mass is 9.94. The van der Waals surface area contributed by atoms with Crippen molar-refractivity contribution in [3.63, 3.8) is 0 Å². The summed E-state index contributed by atoms with van der Waals surface area (Å²) in [5, 5.41) is 11.7. The standard InChI is InChI=1S/C12H23NO3/c1-5-7-10(6-2)13-11(14)8(3)9(4)12(15)16/h8-10H,5-7H2,1-4H3,(H,13,14)(H,15,16). The molecule has 1 amide bonds. The topological polar surface area (TPSA) is 66.4 Å². The number of carboxylic acid groups (broad SMARTS) is 1. The van der Waals surface area contributed by atoms with Crippen molar-refractivity contribution in [3.05, 3.63) is 0 Å². The van der Waals surface area contributed by atoms with Crippen molar-refractivity contribution >= 4 is 11.9 Å². The molecule has 0 aliphatic carbocycles. The van der Waals surface area contributed by atoms with E-state index in [2.05, 4.69) is 12.2 Å². The third kappa shape index (κ3) is 4.64. The van der Waals surface area contributed by atoms with Gasteiger partial charge in [-0.15, -0.1) is 0 Å². The van der Waals surface area contributed by atoms with Crippen LogP contribution >= 0.6 is 0 Å². The van der Waals surface area contributed by atoms with Gasteiger partial charge >= 0.3 is 5.97 Å². The molecule has 2 N–H and O–H groups in total. The third-order valence-electron chi connectivity index (χ3n) is 3.03. The zero-order chi connectivity index (χ0) is 12.7. The highest BCUT2D eigenvalue weighted by molar-refractivity contribution is 5.84. The summed E-state index contributed by atoms with van der Waals surface area (Å²) in [5.41, 5.74) is 0. The Kier molecular flexibility index (Phi) is 6.77. The molecule has 0 radical (unpaired) electrons. The molecular weight excluding hydrogens is 206 g/mol. The van der Waals surface area contributed by atoms with Gasteiger partial charge in [-0.1, -0.05) is 34.1 Å². The van der Waals surface area contributed by atoms with Gasteiger partial charge in [-0.05, 0) is 12.8 Å². The lowest BCUT2D eigenvalue weighted by Gasteiger charge is -2.21. The van der Waals surface area contributed by atoms with E-state index in [1.165, 1.54) is 0 Å². The Hall–Kier alpha value is -1.06. The second-order valence-corrected chi connectivity index (χ2v) is 4.32. The van der Waals surface area contributed by atoms with E-state index in [9.17, 15) is 9.59 Å². The van der Waals surface area contributed by atoms with Crippen molar-refractivity contribution in [3.8, 4) is 0 Å². The van der Waals surface area contributed by atoms with E-state index in [1.54, 1.807) is 13.8 Å². The average Bonchev–Trinajstić information content (AvgIpc) is 2.25. The molecule has 0 aliphatic rings. The molecule has 16 heavy (non-hydrogen) atoms. The lowest BCUT2D eigenvalue weighted by Crippen LogP contribution is -2.40. The zero-order valence-electron chi connectivity index (χ0n) is 10.6. The van der Waals surface area contributed by atoms with Crippen molar-refractivity contribution in [2.45, 2.75) is 53.0 Å². The molecule has 0 heterocycles. The number of carbonyl (C=O) groups is 2. The van der Waals surface area contributed by atoms with Crippen LogP contribution in [0.25, 0.3) is 0 Å². The maximum Gasteiger partial charge on any atom is 0.307 e. The van der Waals surface area contributed by atoms with Crippen molar-refractivity contribution in [2.24, 2.45) is 11.8 Å². The van der Waals surface area contributed by atoms with Gasteiger partial charge in [-0.25, -0.2) is 0 Å². The second-order valence-electron chi connectivity index (χ2n) is 4.32. The predicted molar refractivity (Wildman–Crippen MR) is 63.1 cm³/mol. The minimum atomic E-state index is -0.925. The SMILES string of the molecule is CCCC(CC)NC(=O)C(C)C(C)C(=O)O. The van der Waals surface area contributed by atoms with Crippen LogP contribution in [-0.4, -0.2) is 23.0 Å². The predicted octanol–water partition coefficient (Wildman–Crippen LogP) is 2.04. The fourth-order valence-corrected chi connectivity index (χ4v) is 1.50. The minimum absolute atomic E-state index is 0.157. The highest BCUT2D eigenvalue weighted by Gasteiger charge is 2.26. The molecule has 4 nitrogen and oxygen atoms in total. The third-order valence-corrected chi connectivity index (χ3v) is 3.03. The van der Waals surface area contributed by atoms with Gasteiger partial charge in [0.15, 0.2) is 0 Å². The van der Waals surface area contributed by atoms with Gasteiger partial charge in [0.1, 0.15) is 0 Å². The van der Waals surface area contributed by atoms with Gasteiger partial charge in [0.2, 0.25) is 5.91 Å². The molecule has 0 saturated carbocycles. The highest BCUT2D eigenvalue weighted by Crippen LogP contribution is 2.12. The van der Waals surface area contributed by atoms with E-state index >= 15 is 0 Å². The molecular formula is C12H23NO3. The molecule has 0 aromatic carbocycles. The first kappa shape index (κ1) is 14.9. The van der Waals surface area contributed by atoms with Gasteiger partial charge in [0, 0.05) is 12.0 Å². The van der Waals surface area contributed by atoms with E-state index in [0.29, 0.717) is 0 Å². The number of nitrogens with one attached hydrogen (secondary N) is 1. The van der Waals surface area contributed by atoms with Crippen LogP contribution in [0, 0.1) is 11.8 Å². The number of aliphatic carboxylic acids is 1. The number of amides is 1. The van der Waals surface area contributed by atoms with Crippen LogP contribution in [0.4, 0.5) is 0 Å². The van der Waals surface area contributed by atoms with Crippen LogP contribution in [-0.2, 0) is 9.59 Å². The van der Waals surface area contributed by atoms with Crippen LogP contribution in [0.1, 0.15) is 47.0 Å². The molecule has 4 heteroatoms. The molecule has 0 saturated heterocycles. The van der Waals surface area contributed by atoms with Crippen molar-refractivity contribution in [1.82, 2.24) is 5.32 Å². The number of hydrogen-bond donors (Lipinski definition) is 2. The summed E-state index contributed by atoms with van der Waals surface area (Å²) in [4.78, 5) is 22.5. The van der Waals surface area contributed by atoms with Crippen molar-refractivity contribution in [1.29, 1.82) is 0 Å². The van der Waals surface area contributed by atoms with Crippen LogP contribution in [0.3, 0.4) is 0 Å². The van der Waals surface area contributed by atoms with Gasteiger partial charge in [0.05, 0.1) is 5.92 Å². The van der Waals surface area contributed by atoms with Crippen LogP contribution in [0.15, 0.2) is 0 Å². The zero-order valence-corrected chi connectivity index (χ0v) is 10.6. The summed E-state index contributed by atoms with van der Waals surface area (Å²) < 4.78 is 0. The van der Waals surface area contributed by atoms with Crippen LogP contribution < -0.4 is 5.32 Å². The summed E-state index contributed by atoms with van der Waals surface area (Å²) in [6, 6.07) is 0.168. The summed E-state index contributed by atoms with van der Waals surface area (Å²) >= 11 is 0. The molecule has 0 rings (SSSR count). The Bertz CT molecular complexity index is 240. The second kappa shape index (κ2) is 7.25. The van der Waals surface area contributed by atoms with Gasteiger partial charge in [-0.3, -0.25) is 9.59 Å². The Morgan fingerprint density at radius 2 is 1.75 bits per heavy atom. The number of rotatable bonds is 7. The molecule has 0 spiro atoms. The van der Waals surface area contributed by atoms with E-state index in [-0.39, 0.29) is 11.9 Å². The quantitative estimate of drug-likeness (QED) is 0.702. The molecule has 3 atom stereocenters. The monoisotopic (exact) mass is 229 g/mol. The van der Waals surface area contributed by atoms with Crippen LogP contribution in [0.5, 0.6) is 0 Å². The lowest BCUT2D eigenvalue weighted by molar-refractivity contribution is -0.146.